The Kier molecular flexibility index (Phi) is 7.08. The van der Waals surface area contributed by atoms with E-state index in [2.05, 4.69) is 5.32 Å². The lowest BCUT2D eigenvalue weighted by Crippen LogP contribution is -2.38. The number of nitrogen functional groups attached to an aromatic ring is 1. The van der Waals surface area contributed by atoms with Gasteiger partial charge in [-0.15, -0.1) is 0 Å². The number of carbonyl (C=O) groups is 2. The van der Waals surface area contributed by atoms with Gasteiger partial charge in [0.15, 0.2) is 6.10 Å². The molecular weight excluding hydrogens is 362 g/mol. The number of nitro groups is 1. The van der Waals surface area contributed by atoms with Crippen molar-refractivity contribution in [3.63, 3.8) is 0 Å². The van der Waals surface area contributed by atoms with Crippen molar-refractivity contribution in [3.05, 3.63) is 69.8 Å². The number of esters is 1. The molecule has 2 aromatic rings. The highest BCUT2D eigenvalue weighted by atomic mass is 16.6. The van der Waals surface area contributed by atoms with E-state index in [9.17, 15) is 19.7 Å². The summed E-state index contributed by atoms with van der Waals surface area (Å²) in [5.74, 6) is -1.09. The van der Waals surface area contributed by atoms with Crippen LogP contribution in [0.5, 0.6) is 0 Å². The Bertz CT molecular complexity index is 854. The summed E-state index contributed by atoms with van der Waals surface area (Å²) in [6, 6.07) is 13.3. The van der Waals surface area contributed by atoms with E-state index >= 15 is 0 Å². The first-order chi connectivity index (χ1) is 13.3. The number of non-ortho nitro benzene ring substituents is 1. The smallest absolute Gasteiger partial charge is 0.341 e. The third-order valence-electron chi connectivity index (χ3n) is 4.41. The number of ether oxygens (including phenoxy) is 1. The highest BCUT2D eigenvalue weighted by molar-refractivity contribution is 5.97. The number of nitrogens with one attached hydrogen (secondary N) is 1. The van der Waals surface area contributed by atoms with Crippen molar-refractivity contribution >= 4 is 23.3 Å². The Morgan fingerprint density at radius 1 is 1.21 bits per heavy atom. The number of hydrogen-bond donors (Lipinski definition) is 2. The summed E-state index contributed by atoms with van der Waals surface area (Å²) in [4.78, 5) is 34.6. The molecule has 0 aromatic heterocycles. The lowest BCUT2D eigenvalue weighted by atomic mass is 9.96. The molecule has 0 radical (unpaired) electrons. The average molecular weight is 385 g/mol. The van der Waals surface area contributed by atoms with Crippen molar-refractivity contribution in [2.75, 3.05) is 12.3 Å². The Hall–Kier alpha value is -3.42. The molecule has 0 fully saturated rings. The van der Waals surface area contributed by atoms with Gasteiger partial charge in [-0.1, -0.05) is 37.3 Å². The molecule has 0 bridgehead atoms. The van der Waals surface area contributed by atoms with Crippen LogP contribution in [0.15, 0.2) is 48.5 Å². The molecule has 0 aliphatic heterocycles. The zero-order valence-corrected chi connectivity index (χ0v) is 15.8. The second-order valence-corrected chi connectivity index (χ2v) is 6.34. The van der Waals surface area contributed by atoms with Crippen molar-refractivity contribution in [2.24, 2.45) is 0 Å². The normalized spacial score (nSPS) is 12.6. The van der Waals surface area contributed by atoms with E-state index in [0.717, 1.165) is 24.1 Å². The molecule has 2 atom stereocenters. The second-order valence-electron chi connectivity index (χ2n) is 6.34. The predicted molar refractivity (Wildman–Crippen MR) is 105 cm³/mol. The number of benzene rings is 2. The van der Waals surface area contributed by atoms with Crippen LogP contribution < -0.4 is 11.1 Å². The quantitative estimate of drug-likeness (QED) is 0.311. The Balaban J connectivity index is 1.94. The lowest BCUT2D eigenvalue weighted by molar-refractivity contribution is -0.384. The molecular formula is C20H23N3O5. The SMILES string of the molecule is CC[C@H](CNC(=O)[C@@H](C)OC(=O)c1ccc([N+](=O)[O-])cc1N)c1ccccc1. The molecule has 0 saturated heterocycles. The topological polar surface area (TPSA) is 125 Å². The highest BCUT2D eigenvalue weighted by Gasteiger charge is 2.22. The van der Waals surface area contributed by atoms with Gasteiger partial charge in [0.25, 0.3) is 11.6 Å². The number of amides is 1. The van der Waals surface area contributed by atoms with Crippen LogP contribution >= 0.6 is 0 Å². The fourth-order valence-electron chi connectivity index (χ4n) is 2.72. The molecule has 0 spiro atoms. The lowest BCUT2D eigenvalue weighted by Gasteiger charge is -2.18. The van der Waals surface area contributed by atoms with E-state index in [1.807, 2.05) is 37.3 Å². The van der Waals surface area contributed by atoms with Gasteiger partial charge in [0.05, 0.1) is 16.2 Å². The van der Waals surface area contributed by atoms with Gasteiger partial charge in [-0.05, 0) is 25.0 Å². The first kappa shape index (κ1) is 20.9. The minimum absolute atomic E-state index is 0.0269. The summed E-state index contributed by atoms with van der Waals surface area (Å²) in [6.07, 6.45) is -0.187. The van der Waals surface area contributed by atoms with Gasteiger partial charge >= 0.3 is 5.97 Å². The first-order valence-corrected chi connectivity index (χ1v) is 8.91. The summed E-state index contributed by atoms with van der Waals surface area (Å²) < 4.78 is 5.15. The molecule has 2 aromatic carbocycles. The average Bonchev–Trinajstić information content (AvgIpc) is 2.68. The van der Waals surface area contributed by atoms with E-state index in [0.29, 0.717) is 6.54 Å². The van der Waals surface area contributed by atoms with Crippen molar-refractivity contribution in [3.8, 4) is 0 Å². The molecule has 0 aliphatic carbocycles. The molecule has 3 N–H and O–H groups in total. The van der Waals surface area contributed by atoms with Crippen LogP contribution in [0.1, 0.15) is 42.1 Å². The van der Waals surface area contributed by atoms with Crippen LogP contribution in [-0.2, 0) is 9.53 Å². The third kappa shape index (κ3) is 5.29. The minimum atomic E-state index is -1.03. The number of nitrogens with two attached hydrogens (primary N) is 1. The second kappa shape index (κ2) is 9.50. The largest absolute Gasteiger partial charge is 0.449 e. The van der Waals surface area contributed by atoms with Crippen LogP contribution in [0.4, 0.5) is 11.4 Å². The summed E-state index contributed by atoms with van der Waals surface area (Å²) >= 11 is 0. The maximum atomic E-state index is 12.3. The monoisotopic (exact) mass is 385 g/mol. The number of anilines is 1. The summed E-state index contributed by atoms with van der Waals surface area (Å²) in [5.41, 5.74) is 6.47. The van der Waals surface area contributed by atoms with Crippen LogP contribution in [0.25, 0.3) is 0 Å². The Morgan fingerprint density at radius 2 is 1.89 bits per heavy atom. The number of hydrogen-bond acceptors (Lipinski definition) is 6. The maximum absolute atomic E-state index is 12.3. The molecule has 0 heterocycles. The number of rotatable bonds is 8. The standard InChI is InChI=1S/C20H23N3O5/c1-3-14(15-7-5-4-6-8-15)12-22-19(24)13(2)28-20(25)17-10-9-16(23(26)27)11-18(17)21/h4-11,13-14H,3,12,21H2,1-2H3,(H,22,24)/t13-,14-/m1/s1. The molecule has 148 valence electrons. The van der Waals surface area contributed by atoms with Gasteiger partial charge < -0.3 is 15.8 Å². The van der Waals surface area contributed by atoms with Crippen LogP contribution in [0.3, 0.4) is 0 Å². The van der Waals surface area contributed by atoms with Crippen molar-refractivity contribution in [1.82, 2.24) is 5.32 Å². The minimum Gasteiger partial charge on any atom is -0.449 e. The first-order valence-electron chi connectivity index (χ1n) is 8.91. The van der Waals surface area contributed by atoms with E-state index in [1.54, 1.807) is 0 Å². The molecule has 2 rings (SSSR count). The van der Waals surface area contributed by atoms with Gasteiger partial charge in [0, 0.05) is 24.6 Å². The van der Waals surface area contributed by atoms with Gasteiger partial charge in [-0.2, -0.15) is 0 Å². The van der Waals surface area contributed by atoms with Gasteiger partial charge in [-0.25, -0.2) is 4.79 Å². The highest BCUT2D eigenvalue weighted by Crippen LogP contribution is 2.21. The van der Waals surface area contributed by atoms with Crippen LogP contribution in [-0.4, -0.2) is 29.4 Å². The number of nitro benzene ring substituents is 1. The molecule has 0 unspecified atom stereocenters. The van der Waals surface area contributed by atoms with Crippen LogP contribution in [0, 0.1) is 10.1 Å². The molecule has 0 aliphatic rings. The summed E-state index contributed by atoms with van der Waals surface area (Å²) in [6.45, 7) is 3.91. The zero-order chi connectivity index (χ0) is 20.7. The molecule has 0 saturated carbocycles. The Morgan fingerprint density at radius 3 is 2.46 bits per heavy atom. The fraction of sp³-hybridized carbons (Fsp3) is 0.300. The van der Waals surface area contributed by atoms with E-state index < -0.39 is 22.9 Å². The van der Waals surface area contributed by atoms with Gasteiger partial charge in [0.2, 0.25) is 0 Å². The molecule has 28 heavy (non-hydrogen) atoms. The van der Waals surface area contributed by atoms with Crippen LogP contribution in [0.2, 0.25) is 0 Å². The Labute approximate surface area is 162 Å². The zero-order valence-electron chi connectivity index (χ0n) is 15.8. The molecule has 8 heteroatoms. The van der Waals surface area contributed by atoms with E-state index in [4.69, 9.17) is 10.5 Å². The summed E-state index contributed by atoms with van der Waals surface area (Å²) in [5, 5.41) is 13.5. The van der Waals surface area contributed by atoms with Crippen molar-refractivity contribution in [2.45, 2.75) is 32.3 Å². The molecule has 1 amide bonds. The fourth-order valence-corrected chi connectivity index (χ4v) is 2.72. The maximum Gasteiger partial charge on any atom is 0.341 e. The summed E-state index contributed by atoms with van der Waals surface area (Å²) in [7, 11) is 0. The van der Waals surface area contributed by atoms with Gasteiger partial charge in [-0.3, -0.25) is 14.9 Å². The van der Waals surface area contributed by atoms with Crippen molar-refractivity contribution < 1.29 is 19.2 Å². The van der Waals surface area contributed by atoms with Crippen molar-refractivity contribution in [1.29, 1.82) is 0 Å². The predicted octanol–water partition coefficient (Wildman–Crippen LogP) is 3.03. The van der Waals surface area contributed by atoms with Gasteiger partial charge in [0.1, 0.15) is 0 Å². The number of carbonyl (C=O) groups excluding carboxylic acids is 2. The molecule has 8 nitrogen and oxygen atoms in total. The van der Waals surface area contributed by atoms with E-state index in [1.165, 1.54) is 13.0 Å². The number of nitrogens with zero attached hydrogens (tertiary/aromatic N) is 1. The van der Waals surface area contributed by atoms with E-state index in [-0.39, 0.29) is 22.9 Å². The third-order valence-corrected chi connectivity index (χ3v) is 4.41.